The van der Waals surface area contributed by atoms with Crippen LogP contribution >= 0.6 is 11.3 Å². The third kappa shape index (κ3) is 2.38. The van der Waals surface area contributed by atoms with Crippen LogP contribution in [0.1, 0.15) is 16.5 Å². The van der Waals surface area contributed by atoms with Gasteiger partial charge in [-0.3, -0.25) is 9.78 Å². The van der Waals surface area contributed by atoms with Crippen molar-refractivity contribution >= 4 is 11.3 Å². The molecule has 3 N–H and O–H groups in total. The Kier molecular flexibility index (Phi) is 3.41. The molecule has 0 aliphatic rings. The molecule has 0 bridgehead atoms. The summed E-state index contributed by atoms with van der Waals surface area (Å²) in [5, 5.41) is 8.44. The summed E-state index contributed by atoms with van der Waals surface area (Å²) in [4.78, 5) is 17.1. The molecule has 6 heteroatoms. The molecule has 3 aromatic heterocycles. The summed E-state index contributed by atoms with van der Waals surface area (Å²) in [7, 11) is 0. The van der Waals surface area contributed by atoms with Crippen molar-refractivity contribution in [2.45, 2.75) is 6.04 Å². The van der Waals surface area contributed by atoms with Crippen molar-refractivity contribution in [2.75, 3.05) is 0 Å². The lowest BCUT2D eigenvalue weighted by molar-refractivity contribution is 0.841. The highest BCUT2D eigenvalue weighted by Crippen LogP contribution is 2.23. The highest BCUT2D eigenvalue weighted by Gasteiger charge is 2.15. The van der Waals surface area contributed by atoms with Crippen LogP contribution in [-0.4, -0.2) is 15.2 Å². The summed E-state index contributed by atoms with van der Waals surface area (Å²) in [5.74, 6) is 0. The number of nitrogens with one attached hydrogen (secondary N) is 1. The molecule has 0 amide bonds. The number of aromatic amines is 1. The Morgan fingerprint density at radius 1 is 1.20 bits per heavy atom. The summed E-state index contributed by atoms with van der Waals surface area (Å²) in [6.07, 6.45) is 1.68. The van der Waals surface area contributed by atoms with Gasteiger partial charge in [-0.15, -0.1) is 11.3 Å². The van der Waals surface area contributed by atoms with Gasteiger partial charge in [0.1, 0.15) is 5.69 Å². The van der Waals surface area contributed by atoms with Gasteiger partial charge in [-0.05, 0) is 29.6 Å². The van der Waals surface area contributed by atoms with Gasteiger partial charge in [-0.1, -0.05) is 12.1 Å². The van der Waals surface area contributed by atoms with E-state index in [0.29, 0.717) is 17.0 Å². The normalized spacial score (nSPS) is 12.2. The standard InChI is InChI=1S/C14H12N4OS/c15-13(12-5-3-7-20-12)9-8-11(17-18-14(9)19)10-4-1-2-6-16-10/h1-8,13H,15H2,(H,18,19). The minimum Gasteiger partial charge on any atom is -0.319 e. The zero-order chi connectivity index (χ0) is 13.9. The van der Waals surface area contributed by atoms with E-state index in [0.717, 1.165) is 4.88 Å². The first-order valence-electron chi connectivity index (χ1n) is 6.06. The summed E-state index contributed by atoms with van der Waals surface area (Å²) < 4.78 is 0. The van der Waals surface area contributed by atoms with Gasteiger partial charge in [-0.2, -0.15) is 5.10 Å². The Morgan fingerprint density at radius 3 is 2.80 bits per heavy atom. The number of H-pyrrole nitrogens is 1. The van der Waals surface area contributed by atoms with E-state index >= 15 is 0 Å². The number of aromatic nitrogens is 3. The zero-order valence-corrected chi connectivity index (χ0v) is 11.3. The van der Waals surface area contributed by atoms with Crippen LogP contribution in [0.25, 0.3) is 11.4 Å². The van der Waals surface area contributed by atoms with Gasteiger partial charge in [0.2, 0.25) is 0 Å². The quantitative estimate of drug-likeness (QED) is 0.769. The van der Waals surface area contributed by atoms with Crippen molar-refractivity contribution in [3.05, 3.63) is 68.8 Å². The van der Waals surface area contributed by atoms with Gasteiger partial charge in [-0.25, -0.2) is 5.10 Å². The molecule has 100 valence electrons. The van der Waals surface area contributed by atoms with Crippen LogP contribution in [0.3, 0.4) is 0 Å². The topological polar surface area (TPSA) is 84.7 Å². The van der Waals surface area contributed by atoms with Crippen LogP contribution in [0.15, 0.2) is 52.8 Å². The molecule has 0 aliphatic heterocycles. The molecule has 0 aromatic carbocycles. The van der Waals surface area contributed by atoms with Crippen molar-refractivity contribution in [1.82, 2.24) is 15.2 Å². The van der Waals surface area contributed by atoms with E-state index < -0.39 is 6.04 Å². The monoisotopic (exact) mass is 284 g/mol. The Morgan fingerprint density at radius 2 is 2.10 bits per heavy atom. The molecule has 1 unspecified atom stereocenters. The Balaban J connectivity index is 2.06. The Bertz CT molecular complexity index is 752. The lowest BCUT2D eigenvalue weighted by Gasteiger charge is -2.09. The fraction of sp³-hybridized carbons (Fsp3) is 0.0714. The van der Waals surface area contributed by atoms with E-state index in [1.54, 1.807) is 12.3 Å². The van der Waals surface area contributed by atoms with E-state index in [9.17, 15) is 4.79 Å². The van der Waals surface area contributed by atoms with E-state index in [2.05, 4.69) is 15.2 Å². The number of hydrogen-bond acceptors (Lipinski definition) is 5. The summed E-state index contributed by atoms with van der Waals surface area (Å²) >= 11 is 1.52. The maximum atomic E-state index is 11.9. The van der Waals surface area contributed by atoms with Crippen LogP contribution in [0.2, 0.25) is 0 Å². The van der Waals surface area contributed by atoms with Crippen molar-refractivity contribution in [1.29, 1.82) is 0 Å². The van der Waals surface area contributed by atoms with Crippen LogP contribution in [-0.2, 0) is 0 Å². The van der Waals surface area contributed by atoms with Gasteiger partial charge < -0.3 is 5.73 Å². The Labute approximate surface area is 119 Å². The summed E-state index contributed by atoms with van der Waals surface area (Å²) in [5.41, 5.74) is 7.67. The second-order valence-corrected chi connectivity index (χ2v) is 5.22. The third-order valence-corrected chi connectivity index (χ3v) is 3.90. The second-order valence-electron chi connectivity index (χ2n) is 4.25. The average Bonchev–Trinajstić information content (AvgIpc) is 3.02. The fourth-order valence-electron chi connectivity index (χ4n) is 1.92. The molecule has 5 nitrogen and oxygen atoms in total. The number of rotatable bonds is 3. The van der Waals surface area contributed by atoms with Crippen molar-refractivity contribution in [3.63, 3.8) is 0 Å². The van der Waals surface area contributed by atoms with Gasteiger partial charge in [0.25, 0.3) is 5.56 Å². The summed E-state index contributed by atoms with van der Waals surface area (Å²) in [6.45, 7) is 0. The molecule has 3 heterocycles. The van der Waals surface area contributed by atoms with Crippen LogP contribution in [0.4, 0.5) is 0 Å². The summed E-state index contributed by atoms with van der Waals surface area (Å²) in [6, 6.07) is 10.6. The zero-order valence-electron chi connectivity index (χ0n) is 10.5. The highest BCUT2D eigenvalue weighted by molar-refractivity contribution is 7.10. The predicted molar refractivity (Wildman–Crippen MR) is 78.4 cm³/mol. The highest BCUT2D eigenvalue weighted by atomic mass is 32.1. The maximum absolute atomic E-state index is 11.9. The van der Waals surface area contributed by atoms with Crippen LogP contribution < -0.4 is 11.3 Å². The molecule has 3 aromatic rings. The molecule has 0 saturated carbocycles. The minimum atomic E-state index is -0.454. The molecule has 0 fully saturated rings. The van der Waals surface area contributed by atoms with Gasteiger partial charge >= 0.3 is 0 Å². The largest absolute Gasteiger partial charge is 0.319 e. The molecule has 0 aliphatic carbocycles. The minimum absolute atomic E-state index is 0.273. The molecule has 0 spiro atoms. The first-order chi connectivity index (χ1) is 9.75. The smallest absolute Gasteiger partial charge is 0.269 e. The van der Waals surface area contributed by atoms with Gasteiger partial charge in [0.05, 0.1) is 11.7 Å². The average molecular weight is 284 g/mol. The molecule has 0 saturated heterocycles. The lowest BCUT2D eigenvalue weighted by atomic mass is 10.1. The number of nitrogens with zero attached hydrogens (tertiary/aromatic N) is 2. The molecular weight excluding hydrogens is 272 g/mol. The molecular formula is C14H12N4OS. The van der Waals surface area contributed by atoms with E-state index in [-0.39, 0.29) is 5.56 Å². The second kappa shape index (κ2) is 5.36. The lowest BCUT2D eigenvalue weighted by Crippen LogP contribution is -2.23. The predicted octanol–water partition coefficient (Wildman–Crippen LogP) is 1.94. The van der Waals surface area contributed by atoms with E-state index in [1.165, 1.54) is 11.3 Å². The SMILES string of the molecule is NC(c1cccs1)c1cc(-c2ccccn2)n[nH]c1=O. The molecule has 20 heavy (non-hydrogen) atoms. The van der Waals surface area contributed by atoms with E-state index in [4.69, 9.17) is 5.73 Å². The van der Waals surface area contributed by atoms with E-state index in [1.807, 2.05) is 35.7 Å². The molecule has 1 atom stereocenters. The first-order valence-corrected chi connectivity index (χ1v) is 6.93. The van der Waals surface area contributed by atoms with Crippen molar-refractivity contribution in [3.8, 4) is 11.4 Å². The number of hydrogen-bond donors (Lipinski definition) is 2. The van der Waals surface area contributed by atoms with Crippen LogP contribution in [0.5, 0.6) is 0 Å². The molecule has 3 rings (SSSR count). The Hall–Kier alpha value is -2.31. The number of nitrogens with two attached hydrogens (primary N) is 1. The molecule has 0 radical (unpaired) electrons. The van der Waals surface area contributed by atoms with Crippen LogP contribution in [0, 0.1) is 0 Å². The van der Waals surface area contributed by atoms with Crippen molar-refractivity contribution in [2.24, 2.45) is 5.73 Å². The fourth-order valence-corrected chi connectivity index (χ4v) is 2.66. The number of thiophene rings is 1. The van der Waals surface area contributed by atoms with Crippen molar-refractivity contribution < 1.29 is 0 Å². The third-order valence-electron chi connectivity index (χ3n) is 2.94. The van der Waals surface area contributed by atoms with Gasteiger partial charge in [0.15, 0.2) is 0 Å². The number of pyridine rings is 1. The first kappa shape index (κ1) is 12.7. The van der Waals surface area contributed by atoms with Gasteiger partial charge in [0, 0.05) is 16.6 Å². The maximum Gasteiger partial charge on any atom is 0.269 e.